The van der Waals surface area contributed by atoms with Crippen molar-refractivity contribution in [2.75, 3.05) is 35.6 Å². The van der Waals surface area contributed by atoms with Gasteiger partial charge in [0, 0.05) is 13.0 Å². The van der Waals surface area contributed by atoms with Crippen molar-refractivity contribution in [3.8, 4) is 0 Å². The van der Waals surface area contributed by atoms with E-state index in [9.17, 15) is 23.1 Å². The topological polar surface area (TPSA) is 198 Å². The molecule has 3 aliphatic rings. The van der Waals surface area contributed by atoms with E-state index in [4.69, 9.17) is 36.3 Å². The maximum Gasteiger partial charge on any atom is 0.350 e. The molecule has 0 spiro atoms. The van der Waals surface area contributed by atoms with E-state index < -0.39 is 64.2 Å². The van der Waals surface area contributed by atoms with Gasteiger partial charge in [0.05, 0.1) is 31.0 Å². The van der Waals surface area contributed by atoms with E-state index in [1.165, 1.54) is 29.0 Å². The molecule has 1 aromatic carbocycles. The monoisotopic (exact) mass is 682 g/mol. The molecule has 2 aromatic heterocycles. The quantitative estimate of drug-likeness (QED) is 0.177. The van der Waals surface area contributed by atoms with Crippen LogP contribution in [0.3, 0.4) is 0 Å². The van der Waals surface area contributed by atoms with Crippen LogP contribution in [-0.2, 0) is 45.0 Å². The minimum absolute atomic E-state index is 0.0357. The Morgan fingerprint density at radius 3 is 2.43 bits per heavy atom. The third-order valence-corrected chi connectivity index (χ3v) is 10.4. The first-order chi connectivity index (χ1) is 21.9. The number of fused-ring (bicyclic) bond motifs is 2. The van der Waals surface area contributed by atoms with Crippen LogP contribution in [0.1, 0.15) is 38.5 Å². The number of hydrogen-bond donors (Lipinski definition) is 2. The van der Waals surface area contributed by atoms with E-state index in [1.807, 2.05) is 0 Å². The second-order valence-corrected chi connectivity index (χ2v) is 13.5. The SMILES string of the molecule is CCOC(=O)C(Cc1ccc(N2CCCCS2(=O)=O)cc1)(OC1[C@H]2O[C@@H](n3cnc4c(N)nc(Cl)nc43)[C@@H](F)[C@@]12O)C(=O)OCC. The number of nitrogens with zero attached hydrogens (tertiary/aromatic N) is 5. The number of esters is 2. The molecule has 248 valence electrons. The first-order valence-electron chi connectivity index (χ1n) is 14.7. The lowest BCUT2D eigenvalue weighted by Crippen LogP contribution is -2.55. The number of anilines is 2. The van der Waals surface area contributed by atoms with Crippen molar-refractivity contribution in [2.45, 2.75) is 68.9 Å². The number of imidazole rings is 1. The summed E-state index contributed by atoms with van der Waals surface area (Å²) < 4.78 is 66.1. The number of ether oxygens (including phenoxy) is 4. The van der Waals surface area contributed by atoms with Gasteiger partial charge < -0.3 is 29.8 Å². The zero-order chi connectivity index (χ0) is 33.0. The molecule has 46 heavy (non-hydrogen) atoms. The molecule has 1 saturated carbocycles. The van der Waals surface area contributed by atoms with Gasteiger partial charge in [0.2, 0.25) is 15.3 Å². The van der Waals surface area contributed by atoms with Crippen LogP contribution in [0.15, 0.2) is 30.6 Å². The van der Waals surface area contributed by atoms with Gasteiger partial charge in [-0.15, -0.1) is 0 Å². The molecule has 4 heterocycles. The van der Waals surface area contributed by atoms with Gasteiger partial charge in [0.15, 0.2) is 29.5 Å². The van der Waals surface area contributed by atoms with Crippen LogP contribution in [0.4, 0.5) is 15.9 Å². The first kappa shape index (κ1) is 32.3. The van der Waals surface area contributed by atoms with Gasteiger partial charge in [-0.2, -0.15) is 9.97 Å². The molecule has 2 aliphatic heterocycles. The number of carbonyl (C=O) groups is 2. The van der Waals surface area contributed by atoms with Crippen LogP contribution in [0.25, 0.3) is 11.2 Å². The van der Waals surface area contributed by atoms with Crippen molar-refractivity contribution in [3.05, 3.63) is 41.4 Å². The van der Waals surface area contributed by atoms with Crippen molar-refractivity contribution in [3.63, 3.8) is 0 Å². The summed E-state index contributed by atoms with van der Waals surface area (Å²) in [4.78, 5) is 39.0. The average Bonchev–Trinajstić information content (AvgIpc) is 3.24. The number of benzene rings is 1. The number of nitrogen functional groups attached to an aromatic ring is 1. The summed E-state index contributed by atoms with van der Waals surface area (Å²) in [5.41, 5.74) is 2.13. The normalized spacial score (nSPS) is 26.9. The number of halogens is 2. The summed E-state index contributed by atoms with van der Waals surface area (Å²) in [6, 6.07) is 6.21. The van der Waals surface area contributed by atoms with Crippen molar-refractivity contribution in [2.24, 2.45) is 0 Å². The lowest BCUT2D eigenvalue weighted by Gasteiger charge is -2.32. The van der Waals surface area contributed by atoms with Crippen LogP contribution >= 0.6 is 11.6 Å². The number of sulfonamides is 1. The highest BCUT2D eigenvalue weighted by molar-refractivity contribution is 7.92. The zero-order valence-corrected chi connectivity index (χ0v) is 26.4. The summed E-state index contributed by atoms with van der Waals surface area (Å²) in [5.74, 6) is -2.22. The van der Waals surface area contributed by atoms with E-state index in [2.05, 4.69) is 15.0 Å². The molecule has 6 rings (SSSR count). The molecule has 5 atom stereocenters. The van der Waals surface area contributed by atoms with E-state index >= 15 is 4.39 Å². The molecule has 1 unspecified atom stereocenters. The number of aromatic nitrogens is 4. The highest BCUT2D eigenvalue weighted by Crippen LogP contribution is 2.58. The van der Waals surface area contributed by atoms with Gasteiger partial charge in [0.25, 0.3) is 5.60 Å². The second-order valence-electron chi connectivity index (χ2n) is 11.2. The van der Waals surface area contributed by atoms with E-state index in [-0.39, 0.29) is 41.2 Å². The van der Waals surface area contributed by atoms with Crippen LogP contribution in [-0.4, -0.2) is 100 Å². The summed E-state index contributed by atoms with van der Waals surface area (Å²) in [6.45, 7) is 3.14. The van der Waals surface area contributed by atoms with E-state index in [1.54, 1.807) is 24.3 Å². The minimum Gasteiger partial charge on any atom is -0.463 e. The van der Waals surface area contributed by atoms with Crippen molar-refractivity contribution >= 4 is 56.2 Å². The number of rotatable bonds is 10. The molecule has 3 aromatic rings. The number of carbonyl (C=O) groups excluding carboxylic acids is 2. The van der Waals surface area contributed by atoms with E-state index in [0.29, 0.717) is 30.6 Å². The van der Waals surface area contributed by atoms with Crippen molar-refractivity contribution in [1.29, 1.82) is 0 Å². The van der Waals surface area contributed by atoms with Gasteiger partial charge in [-0.05, 0) is 56.0 Å². The van der Waals surface area contributed by atoms with Crippen LogP contribution in [0.5, 0.6) is 0 Å². The predicted octanol–water partition coefficient (Wildman–Crippen LogP) is 1.46. The number of aliphatic hydroxyl groups is 1. The Hall–Kier alpha value is -3.64. The smallest absolute Gasteiger partial charge is 0.350 e. The minimum atomic E-state index is -3.47. The van der Waals surface area contributed by atoms with Gasteiger partial charge >= 0.3 is 11.9 Å². The Bertz CT molecular complexity index is 1760. The third-order valence-electron chi connectivity index (χ3n) is 8.32. The Morgan fingerprint density at radius 2 is 1.85 bits per heavy atom. The Morgan fingerprint density at radius 1 is 1.17 bits per heavy atom. The molecule has 0 amide bonds. The molecule has 3 N–H and O–H groups in total. The fraction of sp³-hybridized carbons (Fsp3) is 0.536. The lowest BCUT2D eigenvalue weighted by atomic mass is 9.93. The fourth-order valence-corrected chi connectivity index (χ4v) is 7.77. The average molecular weight is 683 g/mol. The Balaban J connectivity index is 1.29. The molecule has 18 heteroatoms. The van der Waals surface area contributed by atoms with Crippen LogP contribution in [0.2, 0.25) is 5.28 Å². The van der Waals surface area contributed by atoms with Crippen LogP contribution < -0.4 is 10.0 Å². The number of hydrogen-bond acceptors (Lipinski definition) is 13. The summed E-state index contributed by atoms with van der Waals surface area (Å²) in [6.07, 6.45) is -4.29. The molecule has 2 saturated heterocycles. The summed E-state index contributed by atoms with van der Waals surface area (Å²) in [7, 11) is -3.47. The summed E-state index contributed by atoms with van der Waals surface area (Å²) >= 11 is 5.93. The zero-order valence-electron chi connectivity index (χ0n) is 24.8. The molecular weight excluding hydrogens is 651 g/mol. The molecule has 3 fully saturated rings. The van der Waals surface area contributed by atoms with Gasteiger partial charge in [-0.1, -0.05) is 12.1 Å². The van der Waals surface area contributed by atoms with Crippen LogP contribution in [0, 0.1) is 0 Å². The predicted molar refractivity (Wildman–Crippen MR) is 160 cm³/mol. The summed E-state index contributed by atoms with van der Waals surface area (Å²) in [5, 5.41) is 11.2. The number of alkyl halides is 1. The standard InChI is InChI=1S/C28H32ClFN6O9S/c1-3-42-24(37)27(25(38)43-4-2,13-15-7-9-16(10-8-15)36-11-5-6-12-46(36,40)41)45-20-19-28(20,39)18(30)23(44-19)35-14-32-17-21(31)33-26(29)34-22(17)35/h7-10,14,18-20,23,39H,3-6,11-13H2,1-2H3,(H2,31,33,34)/t18-,19-,20?,23-,28+/m1/s1. The largest absolute Gasteiger partial charge is 0.463 e. The molecule has 15 nitrogen and oxygen atoms in total. The van der Waals surface area contributed by atoms with Crippen molar-refractivity contribution in [1.82, 2.24) is 19.5 Å². The fourth-order valence-electron chi connectivity index (χ4n) is 5.96. The highest BCUT2D eigenvalue weighted by Gasteiger charge is 2.81. The third kappa shape index (κ3) is 5.23. The van der Waals surface area contributed by atoms with Crippen molar-refractivity contribution < 1.29 is 46.5 Å². The highest BCUT2D eigenvalue weighted by atomic mass is 35.5. The van der Waals surface area contributed by atoms with Gasteiger partial charge in [-0.25, -0.2) is 27.4 Å². The van der Waals surface area contributed by atoms with E-state index in [0.717, 1.165) is 0 Å². The maximum atomic E-state index is 16.0. The molecule has 0 radical (unpaired) electrons. The van der Waals surface area contributed by atoms with Gasteiger partial charge in [-0.3, -0.25) is 8.87 Å². The molecule has 0 bridgehead atoms. The molecular formula is C28H32ClFN6O9S. The number of nitrogens with two attached hydrogens (primary N) is 1. The molecule has 1 aliphatic carbocycles. The first-order valence-corrected chi connectivity index (χ1v) is 16.6. The van der Waals surface area contributed by atoms with Gasteiger partial charge in [0.1, 0.15) is 17.7 Å². The Kier molecular flexibility index (Phi) is 8.33. The second kappa shape index (κ2) is 11.9. The lowest BCUT2D eigenvalue weighted by molar-refractivity contribution is -0.201. The Labute approximate surface area is 267 Å². The maximum absolute atomic E-state index is 16.0.